The topological polar surface area (TPSA) is 423 Å². The van der Waals surface area contributed by atoms with Crippen molar-refractivity contribution in [1.82, 2.24) is 0 Å². The van der Waals surface area contributed by atoms with E-state index in [2.05, 4.69) is 0 Å². The minimum Gasteiger partial charge on any atom is -0.550 e. The molecule has 27 nitrogen and oxygen atoms in total. The normalized spacial score (nSPS) is 19.4. The summed E-state index contributed by atoms with van der Waals surface area (Å²) < 4.78 is 75.0. The molecule has 0 aromatic rings. The number of rotatable bonds is 69. The van der Waals surface area contributed by atoms with E-state index in [1.165, 1.54) is 94.1 Å². The smallest absolute Gasteiger partial charge is 0.550 e. The van der Waals surface area contributed by atoms with Crippen LogP contribution >= 0.6 is 94.1 Å². The van der Waals surface area contributed by atoms with Crippen molar-refractivity contribution >= 4 is 142 Å². The summed E-state index contributed by atoms with van der Waals surface area (Å²) in [5.41, 5.74) is 0. The van der Waals surface area contributed by atoms with Crippen molar-refractivity contribution in [2.45, 2.75) is 158 Å². The first kappa shape index (κ1) is 122. The van der Waals surface area contributed by atoms with E-state index >= 15 is 0 Å². The van der Waals surface area contributed by atoms with Crippen molar-refractivity contribution in [3.05, 3.63) is 0 Å². The van der Waals surface area contributed by atoms with E-state index in [0.717, 1.165) is 0 Å². The minimum absolute atomic E-state index is 0. The van der Waals surface area contributed by atoms with E-state index in [1.54, 1.807) is 0 Å². The molecule has 2 heterocycles. The van der Waals surface area contributed by atoms with Crippen molar-refractivity contribution < 1.29 is 368 Å². The van der Waals surface area contributed by atoms with Gasteiger partial charge in [0.1, 0.15) is 49.3 Å². The third kappa shape index (κ3) is 67.7. The molecule has 0 radical (unpaired) electrons. The van der Waals surface area contributed by atoms with Gasteiger partial charge < -0.3 is 131 Å². The summed E-state index contributed by atoms with van der Waals surface area (Å²) in [6.07, 6.45) is -6.28. The van der Waals surface area contributed by atoms with Crippen LogP contribution < -0.4 is 277 Å². The Morgan fingerprint density at radius 2 is 0.544 bits per heavy atom. The number of thioether (sulfide) groups is 8. The molecule has 2 aliphatic rings. The van der Waals surface area contributed by atoms with Crippen LogP contribution in [-0.2, 0) is 90.5 Å². The Kier molecular flexibility index (Phi) is 98.8. The molecule has 103 heavy (non-hydrogen) atoms. The van der Waals surface area contributed by atoms with Gasteiger partial charge in [-0.2, -0.15) is 94.1 Å². The molecule has 0 aromatic carbocycles. The van der Waals surface area contributed by atoms with Crippen LogP contribution in [-0.4, -0.2) is 267 Å². The molecule has 0 bridgehead atoms. The minimum atomic E-state index is -1.98. The van der Waals surface area contributed by atoms with Gasteiger partial charge in [0.2, 0.25) is 5.79 Å². The number of ether oxygens (including phenoxy) is 11. The van der Waals surface area contributed by atoms with E-state index in [-0.39, 0.29) is 372 Å². The molecule has 0 saturated carbocycles. The first-order valence-electron chi connectivity index (χ1n) is 31.9. The first-order valence-corrected chi connectivity index (χ1v) is 41.1. The van der Waals surface area contributed by atoms with Crippen LogP contribution in [0.1, 0.15) is 103 Å². The maximum atomic E-state index is 11.3. The van der Waals surface area contributed by atoms with E-state index in [9.17, 15) is 79.2 Å². The summed E-state index contributed by atoms with van der Waals surface area (Å²) in [7, 11) is 0. The summed E-state index contributed by atoms with van der Waals surface area (Å²) in [5, 5.41) is 89.7. The predicted octanol–water partition coefficient (Wildman–Crippen LogP) is -27.1. The van der Waals surface area contributed by atoms with Crippen molar-refractivity contribution in [3.8, 4) is 0 Å². The fourth-order valence-electron chi connectivity index (χ4n) is 8.85. The SMILES string of the molecule is O=C([O-])CCSCCCOCC1OC(OC2(COCCCSCCC(=O)[O-])OC(COCCCSCCC(=O)[O-])C(OCCCSCCC(=O)[O-])C2OCCCSCCC(=O)[O-])C(OCCCSCCC(=O)[O-])C(OCCCSCCC(=O)[O-])C1OCCCSCCC(=O)[O-].[Na+].[Na+].[Na+].[Na+].[Na+].[Na+].[Na+].[Na+]. The third-order valence-electron chi connectivity index (χ3n) is 13.3. The van der Waals surface area contributed by atoms with Gasteiger partial charge in [0.05, 0.1) is 13.2 Å². The van der Waals surface area contributed by atoms with E-state index in [0.29, 0.717) is 132 Å². The van der Waals surface area contributed by atoms with Crippen LogP contribution in [0.3, 0.4) is 0 Å². The Morgan fingerprint density at radius 1 is 0.291 bits per heavy atom. The maximum Gasteiger partial charge on any atom is 1.00 e. The molecule has 2 saturated heterocycles. The molecule has 2 fully saturated rings. The van der Waals surface area contributed by atoms with Gasteiger partial charge >= 0.3 is 236 Å². The standard InChI is InChI=1S/C60H102O27S8.8Na/c61-46(62)9-33-88-25-1-17-77-41-44-54(80-20-4-28-91-36-12-49(67)68)56(82-22-6-30-93-38-14-51(71)72)57(83-23-7-31-94-39-15-52(73)74)59(85-44)87-60(43-79-19-3-27-90-35-11-48(65)66)58(84-24-8-32-95-40-16-53(75)76)55(81-21-5-29-92-37-13-50(69)70)45(86-60)42-78-18-2-26-89-34-10-47(63)64;;;;;;;;/h44-45,54-59H,1-43H2,(H,61,62)(H,63,64)(H,65,66)(H,67,68)(H,69,70)(H,71,72)(H,73,74)(H,75,76);;;;;;;;/q;8*+1/p-8. The van der Waals surface area contributed by atoms with Crippen molar-refractivity contribution in [2.75, 3.05) is 165 Å². The van der Waals surface area contributed by atoms with Gasteiger partial charge in [-0.3, -0.25) is 0 Å². The molecule has 9 unspecified atom stereocenters. The van der Waals surface area contributed by atoms with Crippen LogP contribution in [0.5, 0.6) is 0 Å². The van der Waals surface area contributed by atoms with Crippen LogP contribution in [0.2, 0.25) is 0 Å². The molecule has 43 heteroatoms. The number of carboxylic acids is 8. The summed E-state index contributed by atoms with van der Waals surface area (Å²) >= 11 is 11.2. The van der Waals surface area contributed by atoms with Crippen LogP contribution in [0.4, 0.5) is 0 Å². The van der Waals surface area contributed by atoms with Crippen LogP contribution in [0.25, 0.3) is 0 Å². The number of carbonyl (C=O) groups is 8. The Morgan fingerprint density at radius 3 is 0.854 bits per heavy atom. The molecule has 9 atom stereocenters. The zero-order valence-corrected chi connectivity index (χ0v) is 84.3. The monoisotopic (exact) mass is 1690 g/mol. The summed E-state index contributed by atoms with van der Waals surface area (Å²) in [4.78, 5) is 89.7. The Bertz CT molecular complexity index is 2120. The Hall–Kier alpha value is 6.12. The molecular formula is C60H94Na8O27S8. The average Bonchev–Trinajstić information content (AvgIpc) is 1.65. The van der Waals surface area contributed by atoms with Crippen molar-refractivity contribution in [3.63, 3.8) is 0 Å². The van der Waals surface area contributed by atoms with Gasteiger partial charge in [-0.25, -0.2) is 0 Å². The fraction of sp³-hybridized carbons (Fsp3) is 0.867. The summed E-state index contributed by atoms with van der Waals surface area (Å²) in [6, 6.07) is 0. The number of hydrogen-bond acceptors (Lipinski definition) is 35. The predicted molar refractivity (Wildman–Crippen MR) is 351 cm³/mol. The maximum absolute atomic E-state index is 11.3. The summed E-state index contributed by atoms with van der Waals surface area (Å²) in [5.74, 6) is -4.82. The van der Waals surface area contributed by atoms with Gasteiger partial charge in [-0.05, 0) is 195 Å². The van der Waals surface area contributed by atoms with E-state index in [1.807, 2.05) is 0 Å². The number of carbonyl (C=O) groups excluding carboxylic acids is 8. The van der Waals surface area contributed by atoms with Crippen molar-refractivity contribution in [1.29, 1.82) is 0 Å². The second-order valence-electron chi connectivity index (χ2n) is 21.2. The quantitative estimate of drug-likeness (QED) is 0.0403. The molecule has 2 aliphatic heterocycles. The molecule has 0 aromatic heterocycles. The zero-order valence-electron chi connectivity index (χ0n) is 61.8. The second kappa shape index (κ2) is 83.2. The van der Waals surface area contributed by atoms with Gasteiger partial charge in [0, 0.05) is 101 Å². The van der Waals surface area contributed by atoms with Crippen LogP contribution in [0.15, 0.2) is 0 Å². The Balaban J connectivity index is -0.00000230. The fourth-order valence-corrected chi connectivity index (χ4v) is 15.6. The van der Waals surface area contributed by atoms with Gasteiger partial charge in [0.15, 0.2) is 6.29 Å². The van der Waals surface area contributed by atoms with Gasteiger partial charge in [0.25, 0.3) is 0 Å². The zero-order chi connectivity index (χ0) is 69.6. The second-order valence-corrected chi connectivity index (χ2v) is 31.0. The molecule has 0 amide bonds. The molecule has 2 rings (SSSR count). The summed E-state index contributed by atoms with van der Waals surface area (Å²) in [6.45, 7) is 0.427. The number of carboxylic acid groups (broad SMARTS) is 8. The molecular weight excluding hydrogens is 1590 g/mol. The number of hydrogen-bond donors (Lipinski definition) is 0. The van der Waals surface area contributed by atoms with Gasteiger partial charge in [-0.15, -0.1) is 0 Å². The van der Waals surface area contributed by atoms with E-state index < -0.39 is 103 Å². The third-order valence-corrected chi connectivity index (χ3v) is 21.8. The molecule has 552 valence electrons. The number of aliphatic carboxylic acids is 8. The molecule has 0 spiro atoms. The Labute approximate surface area is 818 Å². The average molecular weight is 1690 g/mol. The molecule has 0 N–H and O–H groups in total. The first-order chi connectivity index (χ1) is 45.8. The molecule has 0 aliphatic carbocycles. The van der Waals surface area contributed by atoms with E-state index in [4.69, 9.17) is 52.1 Å². The van der Waals surface area contributed by atoms with Crippen LogP contribution in [0, 0.1) is 0 Å². The van der Waals surface area contributed by atoms with Crippen molar-refractivity contribution in [2.24, 2.45) is 0 Å². The van der Waals surface area contributed by atoms with Gasteiger partial charge in [-0.1, -0.05) is 0 Å². The largest absolute Gasteiger partial charge is 1.00 e.